The van der Waals surface area contributed by atoms with E-state index in [1.807, 2.05) is 27.2 Å². The molecule has 2 N–H and O–H groups in total. The molecule has 1 amide bonds. The van der Waals surface area contributed by atoms with Gasteiger partial charge in [-0.3, -0.25) is 9.36 Å². The first-order valence-electron chi connectivity index (χ1n) is 32.2. The van der Waals surface area contributed by atoms with Crippen molar-refractivity contribution in [2.45, 2.75) is 341 Å². The Labute approximate surface area is 455 Å². The topological polar surface area (TPSA) is 108 Å². The molecule has 3 unspecified atom stereocenters. The molecule has 0 aliphatic rings. The summed E-state index contributed by atoms with van der Waals surface area (Å²) < 4.78 is 23.3. The van der Waals surface area contributed by atoms with Gasteiger partial charge >= 0.3 is 0 Å². The van der Waals surface area contributed by atoms with Crippen molar-refractivity contribution in [1.29, 1.82) is 0 Å². The summed E-state index contributed by atoms with van der Waals surface area (Å²) in [5.41, 5.74) is 0. The number of carbonyl (C=O) groups excluding carboxylic acids is 1. The van der Waals surface area contributed by atoms with Gasteiger partial charge in [-0.05, 0) is 32.1 Å². The van der Waals surface area contributed by atoms with Crippen molar-refractivity contribution in [2.75, 3.05) is 40.9 Å². The Balaban J connectivity index is 3.78. The summed E-state index contributed by atoms with van der Waals surface area (Å²) in [4.78, 5) is 25.4. The van der Waals surface area contributed by atoms with E-state index in [1.54, 1.807) is 6.08 Å². The number of rotatable bonds is 60. The van der Waals surface area contributed by atoms with Gasteiger partial charge in [0.2, 0.25) is 5.91 Å². The maximum absolute atomic E-state index is 12.9. The Morgan fingerprint density at radius 2 is 0.767 bits per heavy atom. The van der Waals surface area contributed by atoms with Crippen LogP contribution in [-0.4, -0.2) is 68.5 Å². The van der Waals surface area contributed by atoms with Crippen LogP contribution in [-0.2, 0) is 18.4 Å². The third kappa shape index (κ3) is 58.5. The molecule has 0 aliphatic carbocycles. The second kappa shape index (κ2) is 55.7. The SMILES string of the molecule is CCCCCCC/C=C/CC/C=C/C(O)C(COP(=O)([O-])OCC[N+](C)(C)C)NC(=O)CCCCCCCCCCCCCCCCCCCCCCCCCCCCCCCCCCCCCCCCCC. The Morgan fingerprint density at radius 3 is 1.11 bits per heavy atom. The zero-order chi connectivity index (χ0) is 53.5. The smallest absolute Gasteiger partial charge is 0.268 e. The number of phosphoric ester groups is 1. The van der Waals surface area contributed by atoms with Crippen LogP contribution in [0.4, 0.5) is 0 Å². The Bertz CT molecular complexity index is 1240. The first-order chi connectivity index (χ1) is 35.5. The maximum Gasteiger partial charge on any atom is 0.268 e. The van der Waals surface area contributed by atoms with Crippen LogP contribution in [0.1, 0.15) is 328 Å². The number of unbranched alkanes of at least 4 members (excludes halogenated alkanes) is 45. The lowest BCUT2D eigenvalue weighted by Gasteiger charge is -2.29. The van der Waals surface area contributed by atoms with Crippen LogP contribution in [0.15, 0.2) is 24.3 Å². The second-order valence-corrected chi connectivity index (χ2v) is 24.9. The fourth-order valence-corrected chi connectivity index (χ4v) is 10.6. The van der Waals surface area contributed by atoms with Crippen molar-refractivity contribution < 1.29 is 32.9 Å². The Morgan fingerprint density at radius 1 is 0.466 bits per heavy atom. The maximum atomic E-state index is 12.9. The van der Waals surface area contributed by atoms with Gasteiger partial charge in [-0.25, -0.2) is 0 Å². The van der Waals surface area contributed by atoms with Crippen molar-refractivity contribution in [3.8, 4) is 0 Å². The average molecular weight is 1050 g/mol. The van der Waals surface area contributed by atoms with Crippen molar-refractivity contribution in [3.05, 3.63) is 24.3 Å². The molecule has 0 rings (SSSR count). The van der Waals surface area contributed by atoms with Gasteiger partial charge in [0, 0.05) is 6.42 Å². The predicted molar refractivity (Wildman–Crippen MR) is 316 cm³/mol. The van der Waals surface area contributed by atoms with Gasteiger partial charge < -0.3 is 28.8 Å². The van der Waals surface area contributed by atoms with Crippen LogP contribution in [0, 0.1) is 0 Å². The molecular weight excluding hydrogens is 924 g/mol. The van der Waals surface area contributed by atoms with E-state index < -0.39 is 20.0 Å². The normalized spacial score (nSPS) is 13.9. The van der Waals surface area contributed by atoms with Crippen molar-refractivity contribution in [1.82, 2.24) is 5.32 Å². The zero-order valence-electron chi connectivity index (χ0n) is 49.6. The molecule has 0 aliphatic heterocycles. The summed E-state index contributed by atoms with van der Waals surface area (Å²) in [7, 11) is 1.26. The minimum absolute atomic E-state index is 0.00415. The highest BCUT2D eigenvalue weighted by molar-refractivity contribution is 7.45. The molecular formula is C64H127N2O6P. The molecule has 0 spiro atoms. The predicted octanol–water partition coefficient (Wildman–Crippen LogP) is 19.3. The lowest BCUT2D eigenvalue weighted by molar-refractivity contribution is -0.870. The number of likely N-dealkylation sites (N-methyl/N-ethyl adjacent to an activating group) is 1. The van der Waals surface area contributed by atoms with E-state index in [0.717, 1.165) is 38.5 Å². The highest BCUT2D eigenvalue weighted by atomic mass is 31.2. The number of phosphoric acid groups is 1. The third-order valence-corrected chi connectivity index (χ3v) is 15.9. The number of quaternary nitrogens is 1. The molecule has 73 heavy (non-hydrogen) atoms. The summed E-state index contributed by atoms with van der Waals surface area (Å²) >= 11 is 0. The molecule has 0 saturated heterocycles. The number of carbonyl (C=O) groups is 1. The quantitative estimate of drug-likeness (QED) is 0.0272. The standard InChI is InChI=1S/C64H127N2O6P/c1-6-8-10-12-14-16-18-19-20-21-22-23-24-25-26-27-28-29-30-31-32-33-34-35-36-37-38-39-40-41-42-43-44-45-46-48-50-52-54-56-58-64(68)65-62(61-72-73(69,70)71-60-59-66(3,4)5)63(67)57-55-53-51-49-47-17-15-13-11-9-7-2/h47,49,55,57,62-63,67H,6-46,48,50-54,56,58-61H2,1-5H3,(H-,65,68,69,70)/b49-47+,57-55+. The highest BCUT2D eigenvalue weighted by Gasteiger charge is 2.23. The fourth-order valence-electron chi connectivity index (χ4n) is 9.88. The van der Waals surface area contributed by atoms with Gasteiger partial charge in [0.15, 0.2) is 0 Å². The van der Waals surface area contributed by atoms with Crippen LogP contribution in [0.5, 0.6) is 0 Å². The van der Waals surface area contributed by atoms with Crippen molar-refractivity contribution in [2.24, 2.45) is 0 Å². The van der Waals surface area contributed by atoms with E-state index in [9.17, 15) is 19.4 Å². The van der Waals surface area contributed by atoms with Crippen LogP contribution < -0.4 is 10.2 Å². The number of hydrogen-bond donors (Lipinski definition) is 2. The molecule has 0 bridgehead atoms. The van der Waals surface area contributed by atoms with Gasteiger partial charge in [0.05, 0.1) is 39.9 Å². The molecule has 0 aromatic rings. The fraction of sp³-hybridized carbons (Fsp3) is 0.922. The number of aliphatic hydroxyl groups is 1. The molecule has 0 saturated carbocycles. The van der Waals surface area contributed by atoms with E-state index >= 15 is 0 Å². The van der Waals surface area contributed by atoms with Gasteiger partial charge in [-0.15, -0.1) is 0 Å². The molecule has 0 heterocycles. The Kier molecular flexibility index (Phi) is 54.9. The first-order valence-corrected chi connectivity index (χ1v) is 33.7. The molecule has 9 heteroatoms. The monoisotopic (exact) mass is 1050 g/mol. The van der Waals surface area contributed by atoms with Crippen molar-refractivity contribution >= 4 is 13.7 Å². The van der Waals surface area contributed by atoms with E-state index in [4.69, 9.17) is 9.05 Å². The lowest BCUT2D eigenvalue weighted by Crippen LogP contribution is -2.45. The van der Waals surface area contributed by atoms with Crippen LogP contribution in [0.25, 0.3) is 0 Å². The van der Waals surface area contributed by atoms with E-state index in [-0.39, 0.29) is 19.1 Å². The summed E-state index contributed by atoms with van der Waals surface area (Å²) in [6.45, 7) is 4.63. The van der Waals surface area contributed by atoms with E-state index in [1.165, 1.54) is 270 Å². The van der Waals surface area contributed by atoms with Gasteiger partial charge in [-0.1, -0.05) is 314 Å². The number of aliphatic hydroxyl groups excluding tert-OH is 1. The van der Waals surface area contributed by atoms with Crippen molar-refractivity contribution in [3.63, 3.8) is 0 Å². The first kappa shape index (κ1) is 72.0. The van der Waals surface area contributed by atoms with Crippen LogP contribution in [0.2, 0.25) is 0 Å². The summed E-state index contributed by atoms with van der Waals surface area (Å²) in [5.74, 6) is -0.203. The number of nitrogens with zero attached hydrogens (tertiary/aromatic N) is 1. The lowest BCUT2D eigenvalue weighted by atomic mass is 10.0. The molecule has 8 nitrogen and oxygen atoms in total. The minimum atomic E-state index is -4.60. The van der Waals surface area contributed by atoms with E-state index in [0.29, 0.717) is 17.4 Å². The second-order valence-electron chi connectivity index (χ2n) is 23.5. The number of amides is 1. The summed E-state index contributed by atoms with van der Waals surface area (Å²) in [5, 5.41) is 13.8. The molecule has 0 aromatic heterocycles. The summed E-state index contributed by atoms with van der Waals surface area (Å²) in [6.07, 6.45) is 71.9. The average Bonchev–Trinajstić information content (AvgIpc) is 3.35. The van der Waals surface area contributed by atoms with Gasteiger partial charge in [0.1, 0.15) is 13.2 Å². The Hall–Kier alpha value is -1.02. The van der Waals surface area contributed by atoms with E-state index in [2.05, 4.69) is 31.3 Å². The molecule has 0 aromatic carbocycles. The van der Waals surface area contributed by atoms with Gasteiger partial charge in [0.25, 0.3) is 7.82 Å². The largest absolute Gasteiger partial charge is 0.756 e. The number of hydrogen-bond acceptors (Lipinski definition) is 6. The number of allylic oxidation sites excluding steroid dienone is 3. The van der Waals surface area contributed by atoms with Crippen LogP contribution >= 0.6 is 7.82 Å². The molecule has 0 radical (unpaired) electrons. The molecule has 3 atom stereocenters. The third-order valence-electron chi connectivity index (χ3n) is 14.9. The zero-order valence-corrected chi connectivity index (χ0v) is 50.5. The number of nitrogens with one attached hydrogen (secondary N) is 1. The van der Waals surface area contributed by atoms with Crippen LogP contribution in [0.3, 0.4) is 0 Å². The molecule has 434 valence electrons. The summed E-state index contributed by atoms with van der Waals surface area (Å²) in [6, 6.07) is -0.899. The molecule has 0 fully saturated rings. The highest BCUT2D eigenvalue weighted by Crippen LogP contribution is 2.38. The minimum Gasteiger partial charge on any atom is -0.756 e. The van der Waals surface area contributed by atoms with Gasteiger partial charge in [-0.2, -0.15) is 0 Å².